The van der Waals surface area contributed by atoms with Gasteiger partial charge in [-0.3, -0.25) is 9.69 Å². The molecule has 2 fully saturated rings. The van der Waals surface area contributed by atoms with E-state index in [2.05, 4.69) is 67.5 Å². The molecule has 0 N–H and O–H groups in total. The van der Waals surface area contributed by atoms with Crippen LogP contribution in [0.1, 0.15) is 48.2 Å². The summed E-state index contributed by atoms with van der Waals surface area (Å²) in [6.45, 7) is 2.45. The van der Waals surface area contributed by atoms with E-state index in [0.29, 0.717) is 18.6 Å². The lowest BCUT2D eigenvalue weighted by Crippen LogP contribution is -2.39. The van der Waals surface area contributed by atoms with Crippen LogP contribution in [-0.4, -0.2) is 35.3 Å². The minimum atomic E-state index is 0.290. The average Bonchev–Trinajstić information content (AvgIpc) is 3.35. The maximum atomic E-state index is 13.0. The average molecular weight is 419 g/mol. The lowest BCUT2D eigenvalue weighted by molar-refractivity contribution is -0.133. The summed E-state index contributed by atoms with van der Waals surface area (Å²) in [5, 5.41) is 2.11. The van der Waals surface area contributed by atoms with Crippen molar-refractivity contribution in [2.75, 3.05) is 19.6 Å². The molecule has 5 heteroatoms. The van der Waals surface area contributed by atoms with Crippen LogP contribution in [-0.2, 0) is 4.79 Å². The van der Waals surface area contributed by atoms with Crippen molar-refractivity contribution in [3.05, 3.63) is 56.7 Å². The van der Waals surface area contributed by atoms with Crippen molar-refractivity contribution in [1.82, 2.24) is 9.80 Å². The molecule has 0 spiro atoms. The molecule has 4 rings (SSSR count). The van der Waals surface area contributed by atoms with Gasteiger partial charge in [0.25, 0.3) is 0 Å². The van der Waals surface area contributed by atoms with Crippen molar-refractivity contribution in [1.29, 1.82) is 0 Å². The highest BCUT2D eigenvalue weighted by Gasteiger charge is 2.34. The summed E-state index contributed by atoms with van der Waals surface area (Å²) in [5.41, 5.74) is 1.32. The van der Waals surface area contributed by atoms with Gasteiger partial charge < -0.3 is 4.90 Å². The van der Waals surface area contributed by atoms with Crippen molar-refractivity contribution < 1.29 is 4.79 Å². The maximum absolute atomic E-state index is 13.0. The molecule has 0 bridgehead atoms. The van der Waals surface area contributed by atoms with Gasteiger partial charge in [0.05, 0.1) is 12.6 Å². The number of amides is 1. The van der Waals surface area contributed by atoms with Crippen LogP contribution >= 0.6 is 27.3 Å². The third-order valence-electron chi connectivity index (χ3n) is 5.38. The van der Waals surface area contributed by atoms with Crippen LogP contribution in [0.3, 0.4) is 0 Å². The zero-order chi connectivity index (χ0) is 17.2. The molecule has 0 saturated carbocycles. The first kappa shape index (κ1) is 17.3. The second-order valence-corrected chi connectivity index (χ2v) is 8.84. The van der Waals surface area contributed by atoms with E-state index in [1.165, 1.54) is 16.9 Å². The highest BCUT2D eigenvalue weighted by Crippen LogP contribution is 2.36. The lowest BCUT2D eigenvalue weighted by Gasteiger charge is -2.29. The fourth-order valence-corrected chi connectivity index (χ4v) is 5.50. The first-order chi connectivity index (χ1) is 12.2. The maximum Gasteiger partial charge on any atom is 0.237 e. The highest BCUT2D eigenvalue weighted by molar-refractivity contribution is 9.10. The van der Waals surface area contributed by atoms with Crippen LogP contribution in [0.15, 0.2) is 46.3 Å². The van der Waals surface area contributed by atoms with Gasteiger partial charge in [0.1, 0.15) is 0 Å². The number of hydrogen-bond acceptors (Lipinski definition) is 3. The van der Waals surface area contributed by atoms with Crippen LogP contribution in [0.25, 0.3) is 0 Å². The molecule has 25 heavy (non-hydrogen) atoms. The molecule has 2 atom stereocenters. The number of nitrogens with zero attached hydrogens (tertiary/aromatic N) is 2. The first-order valence-electron chi connectivity index (χ1n) is 9.05. The molecule has 2 aliphatic rings. The molecule has 1 aromatic heterocycles. The van der Waals surface area contributed by atoms with Crippen molar-refractivity contribution in [2.24, 2.45) is 0 Å². The Morgan fingerprint density at radius 1 is 1.12 bits per heavy atom. The Kier molecular flexibility index (Phi) is 5.25. The predicted molar refractivity (Wildman–Crippen MR) is 106 cm³/mol. The largest absolute Gasteiger partial charge is 0.334 e. The molecular weight excluding hydrogens is 396 g/mol. The molecule has 2 saturated heterocycles. The minimum absolute atomic E-state index is 0.290. The zero-order valence-corrected chi connectivity index (χ0v) is 16.6. The van der Waals surface area contributed by atoms with E-state index in [0.717, 1.165) is 36.8 Å². The molecule has 2 unspecified atom stereocenters. The van der Waals surface area contributed by atoms with Crippen molar-refractivity contribution >= 4 is 33.2 Å². The second kappa shape index (κ2) is 7.60. The fourth-order valence-electron chi connectivity index (χ4n) is 4.21. The van der Waals surface area contributed by atoms with Gasteiger partial charge >= 0.3 is 0 Å². The number of halogens is 1. The zero-order valence-electron chi connectivity index (χ0n) is 14.2. The number of hydrogen-bond donors (Lipinski definition) is 0. The number of carbonyl (C=O) groups is 1. The quantitative estimate of drug-likeness (QED) is 0.696. The Labute approximate surface area is 161 Å². The summed E-state index contributed by atoms with van der Waals surface area (Å²) in [6.07, 6.45) is 4.52. The van der Waals surface area contributed by atoms with E-state index in [1.807, 2.05) is 0 Å². The SMILES string of the molecule is O=C(CN1CCCC1c1cccc(Br)c1)N1CCCC1c1cccs1. The third-order valence-corrected chi connectivity index (χ3v) is 6.85. The highest BCUT2D eigenvalue weighted by atomic mass is 79.9. The summed E-state index contributed by atoms with van der Waals surface area (Å²) in [7, 11) is 0. The van der Waals surface area contributed by atoms with Gasteiger partial charge in [-0.1, -0.05) is 34.1 Å². The predicted octanol–water partition coefficient (Wildman–Crippen LogP) is 5.01. The number of thiophene rings is 1. The Morgan fingerprint density at radius 2 is 1.96 bits per heavy atom. The Morgan fingerprint density at radius 3 is 2.76 bits per heavy atom. The van der Waals surface area contributed by atoms with Crippen LogP contribution < -0.4 is 0 Å². The summed E-state index contributed by atoms with van der Waals surface area (Å²) < 4.78 is 1.11. The molecule has 3 heterocycles. The molecule has 0 radical (unpaired) electrons. The summed E-state index contributed by atoms with van der Waals surface area (Å²) in [6, 6.07) is 13.4. The normalized spacial score (nSPS) is 24.1. The molecular formula is C20H23BrN2OS. The molecule has 0 aliphatic carbocycles. The number of benzene rings is 1. The van der Waals surface area contributed by atoms with E-state index < -0.39 is 0 Å². The summed E-state index contributed by atoms with van der Waals surface area (Å²) in [5.74, 6) is 0.290. The monoisotopic (exact) mass is 418 g/mol. The van der Waals surface area contributed by atoms with Crippen LogP contribution in [0, 0.1) is 0 Å². The van der Waals surface area contributed by atoms with Crippen LogP contribution in [0.5, 0.6) is 0 Å². The van der Waals surface area contributed by atoms with Crippen molar-refractivity contribution in [2.45, 2.75) is 37.8 Å². The minimum Gasteiger partial charge on any atom is -0.334 e. The van der Waals surface area contributed by atoms with Gasteiger partial charge in [-0.25, -0.2) is 0 Å². The van der Waals surface area contributed by atoms with Gasteiger partial charge in [0.15, 0.2) is 0 Å². The molecule has 2 aromatic rings. The molecule has 1 amide bonds. The summed E-state index contributed by atoms with van der Waals surface area (Å²) in [4.78, 5) is 18.8. The third kappa shape index (κ3) is 3.69. The van der Waals surface area contributed by atoms with Gasteiger partial charge in [0, 0.05) is 21.9 Å². The molecule has 3 nitrogen and oxygen atoms in total. The van der Waals surface area contributed by atoms with Gasteiger partial charge in [-0.2, -0.15) is 0 Å². The molecule has 1 aromatic carbocycles. The standard InChI is InChI=1S/C20H23BrN2OS/c21-16-6-1-5-15(13-16)17-7-2-10-22(17)14-20(24)23-11-3-8-18(23)19-9-4-12-25-19/h1,4-6,9,12-13,17-18H,2-3,7-8,10-11,14H2. The van der Waals surface area contributed by atoms with Gasteiger partial charge in [-0.15, -0.1) is 11.3 Å². The topological polar surface area (TPSA) is 23.6 Å². The van der Waals surface area contributed by atoms with E-state index in [-0.39, 0.29) is 5.91 Å². The second-order valence-electron chi connectivity index (χ2n) is 6.94. The number of rotatable bonds is 4. The van der Waals surface area contributed by atoms with E-state index >= 15 is 0 Å². The number of likely N-dealkylation sites (tertiary alicyclic amines) is 2. The van der Waals surface area contributed by atoms with E-state index in [9.17, 15) is 4.79 Å². The van der Waals surface area contributed by atoms with Gasteiger partial charge in [-0.05, 0) is 61.4 Å². The van der Waals surface area contributed by atoms with Crippen molar-refractivity contribution in [3.63, 3.8) is 0 Å². The summed E-state index contributed by atoms with van der Waals surface area (Å²) >= 11 is 5.34. The van der Waals surface area contributed by atoms with Crippen molar-refractivity contribution in [3.8, 4) is 0 Å². The lowest BCUT2D eigenvalue weighted by atomic mass is 10.0. The van der Waals surface area contributed by atoms with Crippen LogP contribution in [0.2, 0.25) is 0 Å². The molecule has 132 valence electrons. The Hall–Kier alpha value is -1.17. The van der Waals surface area contributed by atoms with Crippen LogP contribution in [0.4, 0.5) is 0 Å². The first-order valence-corrected chi connectivity index (χ1v) is 10.7. The van der Waals surface area contributed by atoms with E-state index in [4.69, 9.17) is 0 Å². The molecule has 2 aliphatic heterocycles. The Balaban J connectivity index is 1.46. The van der Waals surface area contributed by atoms with E-state index in [1.54, 1.807) is 11.3 Å². The number of carbonyl (C=O) groups excluding carboxylic acids is 1. The van der Waals surface area contributed by atoms with Gasteiger partial charge in [0.2, 0.25) is 5.91 Å². The smallest absolute Gasteiger partial charge is 0.237 e. The fraction of sp³-hybridized carbons (Fsp3) is 0.450. The Bertz CT molecular complexity index is 733.